The van der Waals surface area contributed by atoms with Crippen molar-refractivity contribution in [3.8, 4) is 0 Å². The summed E-state index contributed by atoms with van der Waals surface area (Å²) in [5, 5.41) is 12.3. The van der Waals surface area contributed by atoms with Gasteiger partial charge in [0.15, 0.2) is 0 Å². The molecule has 0 fully saturated rings. The molecule has 0 aliphatic rings. The third-order valence-electron chi connectivity index (χ3n) is 2.69. The van der Waals surface area contributed by atoms with Gasteiger partial charge in [-0.05, 0) is 31.0 Å². The highest BCUT2D eigenvalue weighted by Crippen LogP contribution is 2.09. The van der Waals surface area contributed by atoms with Crippen molar-refractivity contribution < 1.29 is 9.90 Å². The van der Waals surface area contributed by atoms with E-state index in [1.165, 1.54) is 0 Å². The Kier molecular flexibility index (Phi) is 5.43. The Morgan fingerprint density at radius 2 is 2.12 bits per heavy atom. The van der Waals surface area contributed by atoms with Crippen molar-refractivity contribution in [2.45, 2.75) is 19.8 Å². The van der Waals surface area contributed by atoms with E-state index in [1.807, 2.05) is 12.1 Å². The molecule has 1 rings (SSSR count). The number of carboxylic acid groups (broad SMARTS) is 1. The van der Waals surface area contributed by atoms with Crippen LogP contribution in [0.1, 0.15) is 29.3 Å². The molecule has 92 valence electrons. The highest BCUT2D eigenvalue weighted by atomic mass is 16.4. The molecule has 0 saturated carbocycles. The number of rotatable bonds is 7. The molecule has 0 heterocycles. The van der Waals surface area contributed by atoms with E-state index in [2.05, 4.69) is 18.8 Å². The minimum atomic E-state index is -0.862. The Bertz CT molecular complexity index is 399. The van der Waals surface area contributed by atoms with Gasteiger partial charge < -0.3 is 10.4 Å². The van der Waals surface area contributed by atoms with Gasteiger partial charge >= 0.3 is 5.97 Å². The SMILES string of the molecule is C=C(CC)CNCCc1ccccc1C(=O)O. The molecular weight excluding hydrogens is 214 g/mol. The number of carbonyl (C=O) groups is 1. The van der Waals surface area contributed by atoms with Gasteiger partial charge in [-0.25, -0.2) is 4.79 Å². The van der Waals surface area contributed by atoms with Crippen LogP contribution in [0.25, 0.3) is 0 Å². The van der Waals surface area contributed by atoms with Gasteiger partial charge in [0.05, 0.1) is 5.56 Å². The van der Waals surface area contributed by atoms with Crippen molar-refractivity contribution in [2.24, 2.45) is 0 Å². The molecule has 3 heteroatoms. The van der Waals surface area contributed by atoms with Crippen LogP contribution in [0, 0.1) is 0 Å². The van der Waals surface area contributed by atoms with Crippen LogP contribution in [0.3, 0.4) is 0 Å². The predicted octanol–water partition coefficient (Wildman–Crippen LogP) is 2.48. The summed E-state index contributed by atoms with van der Waals surface area (Å²) >= 11 is 0. The third-order valence-corrected chi connectivity index (χ3v) is 2.69. The summed E-state index contributed by atoms with van der Waals surface area (Å²) in [7, 11) is 0. The number of carboxylic acids is 1. The molecule has 1 aromatic carbocycles. The zero-order valence-corrected chi connectivity index (χ0v) is 10.2. The standard InChI is InChI=1S/C14H19NO2/c1-3-11(2)10-15-9-8-12-6-4-5-7-13(12)14(16)17/h4-7,15H,2-3,8-10H2,1H3,(H,16,17). The Labute approximate surface area is 102 Å². The van der Waals surface area contributed by atoms with E-state index < -0.39 is 5.97 Å². The first-order valence-corrected chi connectivity index (χ1v) is 5.83. The lowest BCUT2D eigenvalue weighted by atomic mass is 10.0. The van der Waals surface area contributed by atoms with E-state index in [1.54, 1.807) is 12.1 Å². The normalized spacial score (nSPS) is 10.2. The first-order valence-electron chi connectivity index (χ1n) is 5.83. The summed E-state index contributed by atoms with van der Waals surface area (Å²) in [4.78, 5) is 11.0. The number of hydrogen-bond donors (Lipinski definition) is 2. The van der Waals surface area contributed by atoms with Gasteiger partial charge in [0, 0.05) is 6.54 Å². The lowest BCUT2D eigenvalue weighted by Crippen LogP contribution is -2.20. The summed E-state index contributed by atoms with van der Waals surface area (Å²) in [6.45, 7) is 7.54. The summed E-state index contributed by atoms with van der Waals surface area (Å²) in [6.07, 6.45) is 1.69. The second-order valence-corrected chi connectivity index (χ2v) is 3.99. The fourth-order valence-corrected chi connectivity index (χ4v) is 1.56. The highest BCUT2D eigenvalue weighted by Gasteiger charge is 2.07. The molecule has 0 radical (unpaired) electrons. The number of nitrogens with one attached hydrogen (secondary N) is 1. The lowest BCUT2D eigenvalue weighted by molar-refractivity contribution is 0.0695. The van der Waals surface area contributed by atoms with Gasteiger partial charge in [-0.1, -0.05) is 37.3 Å². The molecule has 3 nitrogen and oxygen atoms in total. The summed E-state index contributed by atoms with van der Waals surface area (Å²) in [5.41, 5.74) is 2.43. The van der Waals surface area contributed by atoms with Crippen molar-refractivity contribution >= 4 is 5.97 Å². The van der Waals surface area contributed by atoms with Crippen LogP contribution in [0.4, 0.5) is 0 Å². The first-order chi connectivity index (χ1) is 8.15. The monoisotopic (exact) mass is 233 g/mol. The van der Waals surface area contributed by atoms with Gasteiger partial charge in [-0.2, -0.15) is 0 Å². The van der Waals surface area contributed by atoms with Crippen LogP contribution in [-0.2, 0) is 6.42 Å². The quantitative estimate of drug-likeness (QED) is 0.562. The first kappa shape index (κ1) is 13.5. The van der Waals surface area contributed by atoms with Gasteiger partial charge in [-0.3, -0.25) is 0 Å². The topological polar surface area (TPSA) is 49.3 Å². The second-order valence-electron chi connectivity index (χ2n) is 3.99. The minimum absolute atomic E-state index is 0.392. The maximum absolute atomic E-state index is 11.0. The van der Waals surface area contributed by atoms with Gasteiger partial charge in [0.1, 0.15) is 0 Å². The summed E-state index contributed by atoms with van der Waals surface area (Å²) in [5.74, 6) is -0.862. The minimum Gasteiger partial charge on any atom is -0.478 e. The molecule has 0 amide bonds. The molecule has 17 heavy (non-hydrogen) atoms. The fraction of sp³-hybridized carbons (Fsp3) is 0.357. The Hall–Kier alpha value is -1.61. The average molecular weight is 233 g/mol. The maximum atomic E-state index is 11.0. The Morgan fingerprint density at radius 3 is 2.76 bits per heavy atom. The van der Waals surface area contributed by atoms with Gasteiger partial charge in [0.2, 0.25) is 0 Å². The molecule has 0 unspecified atom stereocenters. The van der Waals surface area contributed by atoms with Crippen LogP contribution in [0.15, 0.2) is 36.4 Å². The zero-order chi connectivity index (χ0) is 12.7. The van der Waals surface area contributed by atoms with Crippen molar-refractivity contribution in [3.05, 3.63) is 47.5 Å². The smallest absolute Gasteiger partial charge is 0.335 e. The van der Waals surface area contributed by atoms with Crippen molar-refractivity contribution in [2.75, 3.05) is 13.1 Å². The summed E-state index contributed by atoms with van der Waals surface area (Å²) < 4.78 is 0. The Morgan fingerprint density at radius 1 is 1.41 bits per heavy atom. The molecular formula is C14H19NO2. The van der Waals surface area contributed by atoms with Crippen LogP contribution < -0.4 is 5.32 Å². The van der Waals surface area contributed by atoms with Crippen molar-refractivity contribution in [3.63, 3.8) is 0 Å². The van der Waals surface area contributed by atoms with Crippen LogP contribution in [0.5, 0.6) is 0 Å². The van der Waals surface area contributed by atoms with Crippen molar-refractivity contribution in [1.29, 1.82) is 0 Å². The molecule has 0 atom stereocenters. The van der Waals surface area contributed by atoms with Crippen molar-refractivity contribution in [1.82, 2.24) is 5.32 Å². The molecule has 0 spiro atoms. The van der Waals surface area contributed by atoms with Gasteiger partial charge in [0.25, 0.3) is 0 Å². The lowest BCUT2D eigenvalue weighted by Gasteiger charge is -2.08. The summed E-state index contributed by atoms with van der Waals surface area (Å²) in [6, 6.07) is 7.12. The predicted molar refractivity (Wildman–Crippen MR) is 69.4 cm³/mol. The van der Waals surface area contributed by atoms with E-state index in [0.717, 1.165) is 37.1 Å². The van der Waals surface area contributed by atoms with E-state index in [4.69, 9.17) is 5.11 Å². The highest BCUT2D eigenvalue weighted by molar-refractivity contribution is 5.89. The Balaban J connectivity index is 2.46. The largest absolute Gasteiger partial charge is 0.478 e. The number of hydrogen-bond acceptors (Lipinski definition) is 2. The molecule has 0 aliphatic carbocycles. The number of benzene rings is 1. The number of aromatic carboxylic acids is 1. The molecule has 2 N–H and O–H groups in total. The van der Waals surface area contributed by atoms with E-state index in [9.17, 15) is 4.79 Å². The molecule has 0 aliphatic heterocycles. The van der Waals surface area contributed by atoms with Gasteiger partial charge in [-0.15, -0.1) is 0 Å². The molecule has 0 saturated heterocycles. The van der Waals surface area contributed by atoms with E-state index in [-0.39, 0.29) is 0 Å². The van der Waals surface area contributed by atoms with Crippen LogP contribution >= 0.6 is 0 Å². The van der Waals surface area contributed by atoms with E-state index in [0.29, 0.717) is 5.56 Å². The molecule has 0 aromatic heterocycles. The van der Waals surface area contributed by atoms with Crippen LogP contribution in [-0.4, -0.2) is 24.2 Å². The maximum Gasteiger partial charge on any atom is 0.335 e. The average Bonchev–Trinajstić information content (AvgIpc) is 2.34. The fourth-order valence-electron chi connectivity index (χ4n) is 1.56. The molecule has 0 bridgehead atoms. The second kappa shape index (κ2) is 6.86. The van der Waals surface area contributed by atoms with E-state index >= 15 is 0 Å². The van der Waals surface area contributed by atoms with Crippen LogP contribution in [0.2, 0.25) is 0 Å². The third kappa shape index (κ3) is 4.41. The zero-order valence-electron chi connectivity index (χ0n) is 10.2. The molecule has 1 aromatic rings.